The van der Waals surface area contributed by atoms with Gasteiger partial charge >= 0.3 is 0 Å². The van der Waals surface area contributed by atoms with Crippen molar-refractivity contribution in [3.8, 4) is 11.5 Å². The van der Waals surface area contributed by atoms with Gasteiger partial charge in [-0.05, 0) is 97.9 Å². The highest BCUT2D eigenvalue weighted by Crippen LogP contribution is 2.23. The van der Waals surface area contributed by atoms with E-state index in [0.29, 0.717) is 35.1 Å². The lowest BCUT2D eigenvalue weighted by Crippen LogP contribution is -2.60. The summed E-state index contributed by atoms with van der Waals surface area (Å²) in [6, 6.07) is 20.9. The fourth-order valence-electron chi connectivity index (χ4n) is 9.62. The summed E-state index contributed by atoms with van der Waals surface area (Å²) >= 11 is 0. The highest BCUT2D eigenvalue weighted by molar-refractivity contribution is 5.97. The highest BCUT2D eigenvalue weighted by Gasteiger charge is 2.41. The SMILES string of the molecule is N[C@@H](Cc1ccc(O)cc1)C(=O)N[C@@H]1CCNC(=O)[C@@H]2CCCN2C(=O)[C@H](Cc2ccccc2)NC(=O)[C@H](NC(=O)[C@@H](N)Cc2ccc(O)cc2)CCNC(=O)[C@@H]2CCCN2C(=O)[C@H](Cc2ccccc2)NC1=O. The summed E-state index contributed by atoms with van der Waals surface area (Å²) < 4.78 is 0. The summed E-state index contributed by atoms with van der Waals surface area (Å²) in [5.74, 6) is -4.95. The zero-order valence-corrected chi connectivity index (χ0v) is 41.1. The van der Waals surface area contributed by atoms with Crippen LogP contribution in [0.15, 0.2) is 109 Å². The Kier molecular flexibility index (Phi) is 18.7. The molecule has 0 spiro atoms. The van der Waals surface area contributed by atoms with Crippen molar-refractivity contribution in [2.45, 2.75) is 113 Å². The van der Waals surface area contributed by atoms with Gasteiger partial charge in [0.25, 0.3) is 0 Å². The number of carbonyl (C=O) groups is 8. The third-order valence-electron chi connectivity index (χ3n) is 13.7. The number of hydrogen-bond donors (Lipinski definition) is 10. The minimum absolute atomic E-state index is 0.0240. The summed E-state index contributed by atoms with van der Waals surface area (Å²) in [5.41, 5.74) is 15.4. The molecule has 3 aliphatic heterocycles. The maximum absolute atomic E-state index is 14.7. The number of nitrogens with zero attached hydrogens (tertiary/aromatic N) is 2. The van der Waals surface area contributed by atoms with Crippen LogP contribution in [0, 0.1) is 0 Å². The van der Waals surface area contributed by atoms with Crippen LogP contribution < -0.4 is 43.4 Å². The molecule has 3 aliphatic rings. The smallest absolute Gasteiger partial charge is 0.246 e. The average molecular weight is 1020 g/mol. The fraction of sp³-hybridized carbons (Fsp3) is 0.407. The summed E-state index contributed by atoms with van der Waals surface area (Å²) in [7, 11) is 0. The maximum Gasteiger partial charge on any atom is 0.246 e. The molecule has 392 valence electrons. The first kappa shape index (κ1) is 53.9. The van der Waals surface area contributed by atoms with Crippen LogP contribution in [0.5, 0.6) is 11.5 Å². The van der Waals surface area contributed by atoms with Crippen LogP contribution in [0.4, 0.5) is 0 Å². The first-order valence-electron chi connectivity index (χ1n) is 25.2. The number of amides is 8. The number of rotatable bonds is 12. The van der Waals surface area contributed by atoms with Crippen LogP contribution in [-0.2, 0) is 64.0 Å². The van der Waals surface area contributed by atoms with Crippen LogP contribution in [0.2, 0.25) is 0 Å². The van der Waals surface area contributed by atoms with Gasteiger partial charge in [-0.25, -0.2) is 0 Å². The fourth-order valence-corrected chi connectivity index (χ4v) is 9.62. The van der Waals surface area contributed by atoms with Crippen molar-refractivity contribution in [2.75, 3.05) is 26.2 Å². The zero-order valence-electron chi connectivity index (χ0n) is 41.1. The molecule has 20 nitrogen and oxygen atoms in total. The summed E-state index contributed by atoms with van der Waals surface area (Å²) in [4.78, 5) is 117. The molecule has 8 atom stereocenters. The predicted molar refractivity (Wildman–Crippen MR) is 272 cm³/mol. The van der Waals surface area contributed by atoms with Crippen LogP contribution in [0.25, 0.3) is 0 Å². The number of nitrogens with one attached hydrogen (secondary N) is 6. The van der Waals surface area contributed by atoms with E-state index in [1.807, 2.05) is 0 Å². The molecule has 3 saturated heterocycles. The number of phenolic OH excluding ortho intramolecular Hbond substituents is 2. The van der Waals surface area contributed by atoms with Crippen molar-refractivity contribution in [1.82, 2.24) is 41.7 Å². The second-order valence-corrected chi connectivity index (χ2v) is 19.1. The number of fused-ring (bicyclic) bond motifs is 2. The summed E-state index contributed by atoms with van der Waals surface area (Å²) in [6.45, 7) is 0.0565. The maximum atomic E-state index is 14.7. The number of benzene rings is 4. The monoisotopic (exact) mass is 1010 g/mol. The molecule has 0 saturated carbocycles. The molecule has 12 N–H and O–H groups in total. The molecule has 74 heavy (non-hydrogen) atoms. The Morgan fingerprint density at radius 1 is 0.514 bits per heavy atom. The van der Waals surface area contributed by atoms with E-state index >= 15 is 0 Å². The molecule has 3 fully saturated rings. The Labute approximate surface area is 429 Å². The van der Waals surface area contributed by atoms with Crippen molar-refractivity contribution in [3.05, 3.63) is 131 Å². The Balaban J connectivity index is 1.18. The largest absolute Gasteiger partial charge is 0.508 e. The molecule has 0 aliphatic carbocycles. The Morgan fingerprint density at radius 3 is 1.24 bits per heavy atom. The molecule has 20 heteroatoms. The summed E-state index contributed by atoms with van der Waals surface area (Å²) in [5, 5.41) is 36.4. The van der Waals surface area contributed by atoms with E-state index in [9.17, 15) is 48.6 Å². The highest BCUT2D eigenvalue weighted by atomic mass is 16.3. The topological polar surface area (TPSA) is 308 Å². The van der Waals surface area contributed by atoms with Crippen molar-refractivity contribution >= 4 is 47.3 Å². The van der Waals surface area contributed by atoms with Gasteiger partial charge in [-0.2, -0.15) is 0 Å². The first-order valence-corrected chi connectivity index (χ1v) is 25.2. The van der Waals surface area contributed by atoms with Gasteiger partial charge in [0.15, 0.2) is 0 Å². The quantitative estimate of drug-likeness (QED) is 0.0896. The minimum Gasteiger partial charge on any atom is -0.508 e. The number of phenols is 2. The van der Waals surface area contributed by atoms with Gasteiger partial charge in [0.05, 0.1) is 12.1 Å². The van der Waals surface area contributed by atoms with E-state index in [1.165, 1.54) is 34.1 Å². The Bertz CT molecular complexity index is 2430. The van der Waals surface area contributed by atoms with Crippen LogP contribution in [0.3, 0.4) is 0 Å². The number of aromatic hydroxyl groups is 2. The molecule has 4 aromatic rings. The molecule has 8 amide bonds. The van der Waals surface area contributed by atoms with E-state index in [0.717, 1.165) is 0 Å². The molecular formula is C54H66N10O10. The van der Waals surface area contributed by atoms with Crippen molar-refractivity contribution in [3.63, 3.8) is 0 Å². The van der Waals surface area contributed by atoms with E-state index in [1.54, 1.807) is 84.9 Å². The van der Waals surface area contributed by atoms with Crippen molar-refractivity contribution in [1.29, 1.82) is 0 Å². The third kappa shape index (κ3) is 14.7. The molecule has 0 unspecified atom stereocenters. The van der Waals surface area contributed by atoms with E-state index in [2.05, 4.69) is 31.9 Å². The molecule has 0 aromatic heterocycles. The van der Waals surface area contributed by atoms with Gasteiger partial charge in [-0.15, -0.1) is 0 Å². The molecule has 3 heterocycles. The van der Waals surface area contributed by atoms with Crippen LogP contribution in [-0.4, -0.2) is 142 Å². The Morgan fingerprint density at radius 2 is 0.878 bits per heavy atom. The molecule has 4 aromatic carbocycles. The van der Waals surface area contributed by atoms with Crippen LogP contribution >= 0.6 is 0 Å². The second kappa shape index (κ2) is 25.7. The lowest BCUT2D eigenvalue weighted by molar-refractivity contribution is -0.142. The van der Waals surface area contributed by atoms with Gasteiger partial charge in [-0.1, -0.05) is 84.9 Å². The van der Waals surface area contributed by atoms with Gasteiger partial charge in [0, 0.05) is 39.0 Å². The molecule has 0 bridgehead atoms. The number of carbonyl (C=O) groups excluding carboxylic acids is 8. The zero-order chi connectivity index (χ0) is 52.7. The number of nitrogens with two attached hydrogens (primary N) is 2. The van der Waals surface area contributed by atoms with Crippen LogP contribution in [0.1, 0.15) is 60.8 Å². The normalized spacial score (nSPS) is 23.3. The third-order valence-corrected chi connectivity index (χ3v) is 13.7. The second-order valence-electron chi connectivity index (χ2n) is 19.1. The summed E-state index contributed by atoms with van der Waals surface area (Å²) in [6.07, 6.45) is 1.35. The predicted octanol–water partition coefficient (Wildman–Crippen LogP) is -0.0296. The Hall–Kier alpha value is -7.84. The first-order chi connectivity index (χ1) is 35.6. The van der Waals surface area contributed by atoms with Crippen molar-refractivity contribution in [2.24, 2.45) is 11.5 Å². The van der Waals surface area contributed by atoms with Gasteiger partial charge in [-0.3, -0.25) is 38.4 Å². The average Bonchev–Trinajstić information content (AvgIpc) is 4.10. The van der Waals surface area contributed by atoms with E-state index in [4.69, 9.17) is 11.5 Å². The standard InChI is InChI=1S/C54H66N10O10/c55-39(29-35-15-19-37(65)20-16-35)47(67)59-41-23-25-58-52(72)46-14-8-28-64(46)54(74)44(32-34-11-5-2-6-12-34)62-50(70)42(60-48(68)40(56)30-36-17-21-38(66)22-18-36)24-26-57-51(71)45-13-7-27-63(45)53(73)43(61-49(41)69)31-33-9-3-1-4-10-33/h1-6,9-12,15-22,39-46,65-66H,7-8,13-14,23-32,55-56H2,(H,57,71)(H,58,72)(H,59,67)(H,60,68)(H,61,69)(H,62,70)/t39-,40-,41+,42+,43-,44-,45-,46-/m0/s1. The number of hydrogen-bond acceptors (Lipinski definition) is 12. The molecule has 7 rings (SSSR count). The van der Waals surface area contributed by atoms with Crippen molar-refractivity contribution < 1.29 is 48.6 Å². The van der Waals surface area contributed by atoms with Gasteiger partial charge < -0.3 is 63.4 Å². The van der Waals surface area contributed by atoms with Gasteiger partial charge in [0.2, 0.25) is 47.3 Å². The molecular weight excluding hydrogens is 949 g/mol. The van der Waals surface area contributed by atoms with Gasteiger partial charge in [0.1, 0.15) is 47.8 Å². The van der Waals surface area contributed by atoms with E-state index < -0.39 is 95.6 Å². The lowest BCUT2D eigenvalue weighted by Gasteiger charge is -2.31. The minimum atomic E-state index is -1.32. The molecule has 0 radical (unpaired) electrons. The van der Waals surface area contributed by atoms with E-state index in [-0.39, 0.29) is 89.0 Å². The lowest BCUT2D eigenvalue weighted by atomic mass is 10.0.